The number of hydrogen-bond donors (Lipinski definition) is 1. The van der Waals surface area contributed by atoms with Crippen LogP contribution in [0, 0.1) is 17.6 Å². The molecule has 2 fully saturated rings. The summed E-state index contributed by atoms with van der Waals surface area (Å²) in [6.07, 6.45) is 0.161. The summed E-state index contributed by atoms with van der Waals surface area (Å²) in [7, 11) is -3.61. The normalized spacial score (nSPS) is 26.0. The summed E-state index contributed by atoms with van der Waals surface area (Å²) in [5.41, 5.74) is 0.986. The van der Waals surface area contributed by atoms with Gasteiger partial charge in [-0.25, -0.2) is 26.3 Å². The number of amides is 1. The van der Waals surface area contributed by atoms with E-state index in [1.807, 2.05) is 0 Å². The summed E-state index contributed by atoms with van der Waals surface area (Å²) >= 11 is 0. The quantitative estimate of drug-likeness (QED) is 0.758. The van der Waals surface area contributed by atoms with E-state index in [2.05, 4.69) is 4.72 Å². The van der Waals surface area contributed by atoms with E-state index < -0.39 is 33.9 Å². The fourth-order valence-electron chi connectivity index (χ4n) is 4.36. The highest BCUT2D eigenvalue weighted by molar-refractivity contribution is 7.88. The molecule has 166 valence electrons. The Hall–Kier alpha value is -2.39. The van der Waals surface area contributed by atoms with Crippen molar-refractivity contribution < 1.29 is 26.4 Å². The zero-order chi connectivity index (χ0) is 22.3. The first kappa shape index (κ1) is 21.8. The van der Waals surface area contributed by atoms with Crippen LogP contribution in [0.4, 0.5) is 13.2 Å². The van der Waals surface area contributed by atoms with E-state index in [9.17, 15) is 26.4 Å². The number of hydrogen-bond acceptors (Lipinski definition) is 3. The number of alkyl halides is 1. The Bertz CT molecular complexity index is 1090. The highest BCUT2D eigenvalue weighted by Crippen LogP contribution is 2.51. The van der Waals surface area contributed by atoms with Gasteiger partial charge >= 0.3 is 0 Å². The molecule has 1 aliphatic carbocycles. The lowest BCUT2D eigenvalue weighted by molar-refractivity contribution is -0.134. The van der Waals surface area contributed by atoms with Crippen LogP contribution in [0.5, 0.6) is 0 Å². The number of carbonyl (C=O) groups is 1. The van der Waals surface area contributed by atoms with Crippen LogP contribution in [-0.2, 0) is 14.8 Å². The number of likely N-dealkylation sites (tertiary alicyclic amines) is 1. The van der Waals surface area contributed by atoms with Crippen molar-refractivity contribution >= 4 is 15.9 Å². The maximum Gasteiger partial charge on any atom is 0.226 e. The van der Waals surface area contributed by atoms with Gasteiger partial charge in [0.1, 0.15) is 17.8 Å². The summed E-state index contributed by atoms with van der Waals surface area (Å²) < 4.78 is 68.1. The molecule has 1 aliphatic heterocycles. The predicted octanol–water partition coefficient (Wildman–Crippen LogP) is 3.22. The Morgan fingerprint density at radius 3 is 2.45 bits per heavy atom. The van der Waals surface area contributed by atoms with Gasteiger partial charge in [0.15, 0.2) is 0 Å². The summed E-state index contributed by atoms with van der Waals surface area (Å²) in [6.45, 7) is 0.161. The molecule has 0 unspecified atom stereocenters. The number of carbonyl (C=O) groups excluding carboxylic acids is 1. The zero-order valence-corrected chi connectivity index (χ0v) is 17.7. The average Bonchev–Trinajstić information content (AvgIpc) is 3.49. The highest BCUT2D eigenvalue weighted by Gasteiger charge is 2.48. The summed E-state index contributed by atoms with van der Waals surface area (Å²) in [6, 6.07) is 9.56. The molecule has 1 heterocycles. The number of nitrogens with zero attached hydrogens (tertiary/aromatic N) is 1. The molecular formula is C22H23F3N2O3S. The summed E-state index contributed by atoms with van der Waals surface area (Å²) in [5.74, 6) is -2.12. The van der Waals surface area contributed by atoms with Crippen LogP contribution in [0.3, 0.4) is 0 Å². The largest absolute Gasteiger partial charge is 0.341 e. The summed E-state index contributed by atoms with van der Waals surface area (Å²) in [4.78, 5) is 14.5. The van der Waals surface area contributed by atoms with Gasteiger partial charge in [-0.3, -0.25) is 4.79 Å². The lowest BCUT2D eigenvalue weighted by Crippen LogP contribution is -2.55. The smallest absolute Gasteiger partial charge is 0.226 e. The standard InChI is InChI=1S/C22H23F3N2O3S/c1-31(29,30)26-20-12-27(10-9-17(20)23)22(28)16-11-15(16)13-5-2-3-6-14(13)21-18(24)7-4-8-19(21)25/h2-8,15-17,20,26H,9-12H2,1H3/t15-,16+,17+,20-/m1/s1. The Kier molecular flexibility index (Phi) is 5.83. The van der Waals surface area contributed by atoms with Crippen LogP contribution in [0.2, 0.25) is 0 Å². The number of rotatable bonds is 5. The molecule has 2 aliphatic rings. The van der Waals surface area contributed by atoms with E-state index in [1.54, 1.807) is 24.3 Å². The molecule has 2 aromatic rings. The third-order valence-electron chi connectivity index (χ3n) is 5.91. The van der Waals surface area contributed by atoms with Gasteiger partial charge in [0.2, 0.25) is 15.9 Å². The molecule has 2 aromatic carbocycles. The van der Waals surface area contributed by atoms with Gasteiger partial charge in [-0.05, 0) is 42.0 Å². The van der Waals surface area contributed by atoms with Gasteiger partial charge < -0.3 is 4.90 Å². The summed E-state index contributed by atoms with van der Waals surface area (Å²) in [5, 5.41) is 0. The Labute approximate surface area is 179 Å². The van der Waals surface area contributed by atoms with E-state index >= 15 is 0 Å². The molecule has 0 radical (unpaired) electrons. The Morgan fingerprint density at radius 1 is 1.10 bits per heavy atom. The molecule has 4 rings (SSSR count). The van der Waals surface area contributed by atoms with Crippen molar-refractivity contribution in [3.8, 4) is 11.1 Å². The third kappa shape index (κ3) is 4.62. The van der Waals surface area contributed by atoms with Crippen LogP contribution in [0.15, 0.2) is 42.5 Å². The van der Waals surface area contributed by atoms with Crippen molar-refractivity contribution in [1.82, 2.24) is 9.62 Å². The van der Waals surface area contributed by atoms with E-state index in [4.69, 9.17) is 0 Å². The molecule has 9 heteroatoms. The van der Waals surface area contributed by atoms with E-state index in [-0.39, 0.29) is 42.8 Å². The average molecular weight is 452 g/mol. The third-order valence-corrected chi connectivity index (χ3v) is 6.64. The Balaban J connectivity index is 1.53. The highest BCUT2D eigenvalue weighted by atomic mass is 32.2. The molecule has 4 atom stereocenters. The SMILES string of the molecule is CS(=O)(=O)N[C@@H]1CN(C(=O)[C@H]2C[C@@H]2c2ccccc2-c2c(F)cccc2F)CC[C@@H]1F. The van der Waals surface area contributed by atoms with Crippen molar-refractivity contribution in [1.29, 1.82) is 0 Å². The second kappa shape index (κ2) is 8.27. The molecule has 1 N–H and O–H groups in total. The zero-order valence-electron chi connectivity index (χ0n) is 16.9. The monoisotopic (exact) mass is 452 g/mol. The number of sulfonamides is 1. The van der Waals surface area contributed by atoms with Crippen LogP contribution in [0.1, 0.15) is 24.3 Å². The molecule has 5 nitrogen and oxygen atoms in total. The maximum absolute atomic E-state index is 14.4. The first-order valence-electron chi connectivity index (χ1n) is 10.1. The first-order valence-corrected chi connectivity index (χ1v) is 12.0. The topological polar surface area (TPSA) is 66.5 Å². The molecule has 0 aromatic heterocycles. The van der Waals surface area contributed by atoms with Gasteiger partial charge in [-0.1, -0.05) is 30.3 Å². The van der Waals surface area contributed by atoms with Gasteiger partial charge in [0, 0.05) is 19.0 Å². The molecule has 31 heavy (non-hydrogen) atoms. The second-order valence-corrected chi connectivity index (χ2v) is 10.00. The lowest BCUT2D eigenvalue weighted by atomic mass is 9.95. The maximum atomic E-state index is 14.4. The van der Waals surface area contributed by atoms with Gasteiger partial charge in [0.25, 0.3) is 0 Å². The Morgan fingerprint density at radius 2 is 1.77 bits per heavy atom. The minimum Gasteiger partial charge on any atom is -0.341 e. The van der Waals surface area contributed by atoms with Crippen LogP contribution in [-0.4, -0.2) is 50.8 Å². The van der Waals surface area contributed by atoms with Crippen molar-refractivity contribution in [2.24, 2.45) is 5.92 Å². The van der Waals surface area contributed by atoms with Crippen molar-refractivity contribution in [3.05, 3.63) is 59.7 Å². The molecule has 1 amide bonds. The van der Waals surface area contributed by atoms with E-state index in [0.29, 0.717) is 17.5 Å². The van der Waals surface area contributed by atoms with Crippen LogP contribution >= 0.6 is 0 Å². The molecule has 0 bridgehead atoms. The lowest BCUT2D eigenvalue weighted by Gasteiger charge is -2.35. The number of benzene rings is 2. The van der Waals surface area contributed by atoms with Gasteiger partial charge in [-0.15, -0.1) is 0 Å². The van der Waals surface area contributed by atoms with Crippen LogP contribution < -0.4 is 4.72 Å². The van der Waals surface area contributed by atoms with Gasteiger partial charge in [-0.2, -0.15) is 0 Å². The second-order valence-electron chi connectivity index (χ2n) is 8.22. The number of halogens is 3. The van der Waals surface area contributed by atoms with Crippen molar-refractivity contribution in [2.45, 2.75) is 31.0 Å². The molecule has 1 saturated heterocycles. The number of piperidine rings is 1. The molecule has 0 spiro atoms. The molecular weight excluding hydrogens is 429 g/mol. The van der Waals surface area contributed by atoms with Gasteiger partial charge in [0.05, 0.1) is 17.9 Å². The van der Waals surface area contributed by atoms with E-state index in [1.165, 1.54) is 23.1 Å². The predicted molar refractivity (Wildman–Crippen MR) is 111 cm³/mol. The van der Waals surface area contributed by atoms with E-state index in [0.717, 1.165) is 6.26 Å². The minimum atomic E-state index is -3.61. The molecule has 1 saturated carbocycles. The van der Waals surface area contributed by atoms with Crippen LogP contribution in [0.25, 0.3) is 11.1 Å². The fourth-order valence-corrected chi connectivity index (χ4v) is 5.13. The fraction of sp³-hybridized carbons (Fsp3) is 0.409. The van der Waals surface area contributed by atoms with Crippen molar-refractivity contribution in [2.75, 3.05) is 19.3 Å². The first-order chi connectivity index (χ1) is 14.7. The number of nitrogens with one attached hydrogen (secondary N) is 1. The minimum absolute atomic E-state index is 0.0418. The van der Waals surface area contributed by atoms with Crippen molar-refractivity contribution in [3.63, 3.8) is 0 Å².